The number of benzene rings is 1. The summed E-state index contributed by atoms with van der Waals surface area (Å²) in [5, 5.41) is 3.58. The Balaban J connectivity index is 1.69. The van der Waals surface area contributed by atoms with E-state index in [9.17, 15) is 14.0 Å². The van der Waals surface area contributed by atoms with Crippen molar-refractivity contribution in [2.24, 2.45) is 11.3 Å². The first-order valence-electron chi connectivity index (χ1n) is 11.7. The van der Waals surface area contributed by atoms with Crippen LogP contribution in [0.25, 0.3) is 0 Å². The molecule has 1 aromatic heterocycles. The molecule has 0 spiro atoms. The highest BCUT2D eigenvalue weighted by Gasteiger charge is 2.36. The predicted octanol–water partition coefficient (Wildman–Crippen LogP) is 5.54. The van der Waals surface area contributed by atoms with E-state index >= 15 is 0 Å². The fourth-order valence-corrected chi connectivity index (χ4v) is 6.23. The molecule has 1 aliphatic heterocycles. The summed E-state index contributed by atoms with van der Waals surface area (Å²) < 4.78 is 19.1. The molecule has 2 heterocycles. The van der Waals surface area contributed by atoms with E-state index in [1.165, 1.54) is 40.5 Å². The Hall–Kier alpha value is -2.25. The van der Waals surface area contributed by atoms with Crippen molar-refractivity contribution >= 4 is 28.2 Å². The maximum Gasteiger partial charge on any atom is 0.257 e. The first-order chi connectivity index (χ1) is 15.5. The van der Waals surface area contributed by atoms with E-state index in [0.29, 0.717) is 35.1 Å². The maximum absolute atomic E-state index is 13.8. The van der Waals surface area contributed by atoms with Crippen molar-refractivity contribution < 1.29 is 18.7 Å². The lowest BCUT2D eigenvalue weighted by atomic mass is 9.72. The van der Waals surface area contributed by atoms with Crippen molar-refractivity contribution in [1.82, 2.24) is 4.90 Å². The zero-order valence-corrected chi connectivity index (χ0v) is 20.9. The molecule has 3 atom stereocenters. The standard InChI is InChI=1S/C26H33FN2O3S/c1-15-13-29(14-16(2)32-15)25(31)22-20-11-8-18(26(3,4)5)12-21(20)33-24(22)28-23(30)17-6-9-19(27)10-7-17/h6-7,9-10,15-16,18H,8,11-14H2,1-5H3,(H,28,30)/t15-,16-,18-/m1/s1. The largest absolute Gasteiger partial charge is 0.372 e. The van der Waals surface area contributed by atoms with E-state index in [4.69, 9.17) is 4.74 Å². The highest BCUT2D eigenvalue weighted by atomic mass is 32.1. The molecule has 0 unspecified atom stereocenters. The van der Waals surface area contributed by atoms with Crippen LogP contribution in [0.4, 0.5) is 9.39 Å². The van der Waals surface area contributed by atoms with E-state index in [1.54, 1.807) is 0 Å². The Morgan fingerprint density at radius 3 is 2.36 bits per heavy atom. The topological polar surface area (TPSA) is 58.6 Å². The van der Waals surface area contributed by atoms with Gasteiger partial charge in [0.15, 0.2) is 0 Å². The van der Waals surface area contributed by atoms with Gasteiger partial charge in [0.25, 0.3) is 11.8 Å². The smallest absolute Gasteiger partial charge is 0.257 e. The average molecular weight is 473 g/mol. The summed E-state index contributed by atoms with van der Waals surface area (Å²) >= 11 is 1.52. The van der Waals surface area contributed by atoms with Crippen molar-refractivity contribution in [3.63, 3.8) is 0 Å². The minimum atomic E-state index is -0.391. The molecule has 1 N–H and O–H groups in total. The highest BCUT2D eigenvalue weighted by molar-refractivity contribution is 7.17. The summed E-state index contributed by atoms with van der Waals surface area (Å²) in [6.45, 7) is 11.8. The second kappa shape index (κ2) is 9.18. The maximum atomic E-state index is 13.8. The number of hydrogen-bond acceptors (Lipinski definition) is 4. The van der Waals surface area contributed by atoms with Gasteiger partial charge in [0, 0.05) is 23.5 Å². The number of carbonyl (C=O) groups excluding carboxylic acids is 2. The minimum Gasteiger partial charge on any atom is -0.372 e. The van der Waals surface area contributed by atoms with E-state index in [2.05, 4.69) is 26.1 Å². The van der Waals surface area contributed by atoms with Crippen LogP contribution in [0.3, 0.4) is 0 Å². The number of fused-ring (bicyclic) bond motifs is 1. The molecular weight excluding hydrogens is 439 g/mol. The number of ether oxygens (including phenoxy) is 1. The van der Waals surface area contributed by atoms with Gasteiger partial charge in [-0.05, 0) is 74.3 Å². The van der Waals surface area contributed by atoms with Gasteiger partial charge >= 0.3 is 0 Å². The van der Waals surface area contributed by atoms with Crippen molar-refractivity contribution in [2.75, 3.05) is 18.4 Å². The number of morpholine rings is 1. The van der Waals surface area contributed by atoms with Gasteiger partial charge in [-0.25, -0.2) is 4.39 Å². The van der Waals surface area contributed by atoms with Gasteiger partial charge in [0.2, 0.25) is 0 Å². The second-order valence-electron chi connectivity index (χ2n) is 10.4. The number of anilines is 1. The first kappa shape index (κ1) is 23.9. The molecule has 1 saturated heterocycles. The van der Waals surface area contributed by atoms with Crippen LogP contribution in [0.2, 0.25) is 0 Å². The minimum absolute atomic E-state index is 0.0327. The summed E-state index contributed by atoms with van der Waals surface area (Å²) in [7, 11) is 0. The monoisotopic (exact) mass is 472 g/mol. The van der Waals surface area contributed by atoms with Crippen LogP contribution in [-0.2, 0) is 17.6 Å². The van der Waals surface area contributed by atoms with E-state index < -0.39 is 5.82 Å². The van der Waals surface area contributed by atoms with Crippen LogP contribution in [-0.4, -0.2) is 42.0 Å². The highest BCUT2D eigenvalue weighted by Crippen LogP contribution is 2.45. The third-order valence-electron chi connectivity index (χ3n) is 6.74. The number of rotatable bonds is 3. The van der Waals surface area contributed by atoms with Gasteiger partial charge in [0.05, 0.1) is 17.8 Å². The van der Waals surface area contributed by atoms with Crippen LogP contribution in [0.15, 0.2) is 24.3 Å². The molecule has 7 heteroatoms. The van der Waals surface area contributed by atoms with E-state index in [1.807, 2.05) is 18.7 Å². The van der Waals surface area contributed by atoms with Crippen LogP contribution in [0, 0.1) is 17.2 Å². The van der Waals surface area contributed by atoms with Crippen molar-refractivity contribution in [1.29, 1.82) is 0 Å². The summed E-state index contributed by atoms with van der Waals surface area (Å²) in [5.74, 6) is -0.245. The molecule has 2 aliphatic rings. The van der Waals surface area contributed by atoms with Crippen LogP contribution in [0.5, 0.6) is 0 Å². The van der Waals surface area contributed by atoms with Crippen molar-refractivity contribution in [3.8, 4) is 0 Å². The molecule has 2 aromatic rings. The normalized spacial score (nSPS) is 23.2. The molecule has 2 amide bonds. The third kappa shape index (κ3) is 5.14. The Morgan fingerprint density at radius 1 is 1.12 bits per heavy atom. The molecule has 33 heavy (non-hydrogen) atoms. The fourth-order valence-electron chi connectivity index (χ4n) is 4.92. The lowest BCUT2D eigenvalue weighted by Crippen LogP contribution is -2.48. The van der Waals surface area contributed by atoms with Gasteiger partial charge in [0.1, 0.15) is 10.8 Å². The number of hydrogen-bond donors (Lipinski definition) is 1. The van der Waals surface area contributed by atoms with Gasteiger partial charge in [-0.15, -0.1) is 11.3 Å². The number of carbonyl (C=O) groups is 2. The Bertz CT molecular complexity index is 1030. The van der Waals surface area contributed by atoms with Crippen molar-refractivity contribution in [3.05, 3.63) is 51.7 Å². The Labute approximate surface area is 199 Å². The molecule has 1 fully saturated rings. The van der Waals surface area contributed by atoms with Gasteiger partial charge < -0.3 is 15.0 Å². The number of amides is 2. The first-order valence-corrected chi connectivity index (χ1v) is 12.5. The van der Waals surface area contributed by atoms with E-state index in [-0.39, 0.29) is 29.4 Å². The lowest BCUT2D eigenvalue weighted by molar-refractivity contribution is -0.0586. The average Bonchev–Trinajstić information content (AvgIpc) is 3.09. The summed E-state index contributed by atoms with van der Waals surface area (Å²) in [5.41, 5.74) is 2.24. The molecule has 1 aromatic carbocycles. The van der Waals surface area contributed by atoms with Crippen LogP contribution >= 0.6 is 11.3 Å². The molecular formula is C26H33FN2O3S. The zero-order chi connectivity index (χ0) is 23.9. The summed E-state index contributed by atoms with van der Waals surface area (Å²) in [6, 6.07) is 5.46. The molecule has 0 saturated carbocycles. The molecule has 0 radical (unpaired) electrons. The Kier molecular flexibility index (Phi) is 6.65. The molecule has 5 nitrogen and oxygen atoms in total. The van der Waals surface area contributed by atoms with E-state index in [0.717, 1.165) is 24.8 Å². The lowest BCUT2D eigenvalue weighted by Gasteiger charge is -2.36. The predicted molar refractivity (Wildman–Crippen MR) is 130 cm³/mol. The fraction of sp³-hybridized carbons (Fsp3) is 0.538. The number of nitrogens with zero attached hydrogens (tertiary/aromatic N) is 1. The Morgan fingerprint density at radius 2 is 1.76 bits per heavy atom. The zero-order valence-electron chi connectivity index (χ0n) is 20.0. The summed E-state index contributed by atoms with van der Waals surface area (Å²) in [4.78, 5) is 29.7. The van der Waals surface area contributed by atoms with Crippen LogP contribution in [0.1, 0.15) is 72.2 Å². The van der Waals surface area contributed by atoms with Gasteiger partial charge in [-0.3, -0.25) is 9.59 Å². The SMILES string of the molecule is C[C@@H]1CN(C(=O)c2c(NC(=O)c3ccc(F)cc3)sc3c2CC[C@@H](C(C)(C)C)C3)C[C@@H](C)O1. The second-order valence-corrected chi connectivity index (χ2v) is 11.5. The molecule has 4 rings (SSSR count). The molecule has 1 aliphatic carbocycles. The van der Waals surface area contributed by atoms with Gasteiger partial charge in [-0.2, -0.15) is 0 Å². The number of thiophene rings is 1. The number of nitrogens with one attached hydrogen (secondary N) is 1. The quantitative estimate of drug-likeness (QED) is 0.638. The molecule has 0 bridgehead atoms. The number of halogens is 1. The third-order valence-corrected chi connectivity index (χ3v) is 7.91. The van der Waals surface area contributed by atoms with Crippen LogP contribution < -0.4 is 5.32 Å². The molecule has 178 valence electrons. The van der Waals surface area contributed by atoms with Crippen molar-refractivity contribution in [2.45, 2.75) is 66.1 Å². The van der Waals surface area contributed by atoms with Gasteiger partial charge in [-0.1, -0.05) is 20.8 Å². The summed E-state index contributed by atoms with van der Waals surface area (Å²) in [6.07, 6.45) is 2.70.